The molecule has 3 rings (SSSR count). The van der Waals surface area contributed by atoms with Crippen molar-refractivity contribution in [3.05, 3.63) is 65.2 Å². The van der Waals surface area contributed by atoms with Gasteiger partial charge in [-0.1, -0.05) is 18.2 Å². The molecular formula is C18H17N3O2S. The number of hydrogen-bond acceptors (Lipinski definition) is 5. The molecular weight excluding hydrogens is 322 g/mol. The van der Waals surface area contributed by atoms with Crippen molar-refractivity contribution < 1.29 is 9.53 Å². The van der Waals surface area contributed by atoms with Gasteiger partial charge in [-0.3, -0.25) is 15.1 Å². The zero-order chi connectivity index (χ0) is 16.9. The maximum absolute atomic E-state index is 12.3. The van der Waals surface area contributed by atoms with Crippen LogP contribution in [0.4, 0.5) is 5.13 Å². The third-order valence-corrected chi connectivity index (χ3v) is 4.41. The van der Waals surface area contributed by atoms with Gasteiger partial charge in [0.25, 0.3) is 5.91 Å². The summed E-state index contributed by atoms with van der Waals surface area (Å²) < 4.78 is 5.26. The average molecular weight is 339 g/mol. The number of carbonyl (C=O) groups excluding carboxylic acids is 1. The standard InChI is InChI=1S/C18H17N3O2S/c1-12(23-2)13-6-8-14(9-7-13)17(22)21-18-20-16(11-24-18)15-5-3-4-10-19-15/h3-12H,1-2H3,(H,20,21,22). The van der Waals surface area contributed by atoms with Gasteiger partial charge in [0.2, 0.25) is 0 Å². The molecule has 1 unspecified atom stereocenters. The number of anilines is 1. The predicted molar refractivity (Wildman–Crippen MR) is 95.2 cm³/mol. The van der Waals surface area contributed by atoms with E-state index in [2.05, 4.69) is 15.3 Å². The van der Waals surface area contributed by atoms with Gasteiger partial charge in [-0.2, -0.15) is 0 Å². The number of amides is 1. The number of methoxy groups -OCH3 is 1. The first-order chi connectivity index (χ1) is 11.7. The molecule has 0 saturated carbocycles. The monoisotopic (exact) mass is 339 g/mol. The summed E-state index contributed by atoms with van der Waals surface area (Å²) in [5.74, 6) is -0.187. The second-order valence-electron chi connectivity index (χ2n) is 5.21. The van der Waals surface area contributed by atoms with Gasteiger partial charge in [-0.05, 0) is 36.8 Å². The molecule has 1 atom stereocenters. The normalized spacial score (nSPS) is 11.9. The zero-order valence-corrected chi connectivity index (χ0v) is 14.2. The lowest BCUT2D eigenvalue weighted by atomic mass is 10.1. The Kier molecular flexibility index (Phi) is 4.98. The molecule has 0 radical (unpaired) electrons. The first kappa shape index (κ1) is 16.3. The Morgan fingerprint density at radius 2 is 1.96 bits per heavy atom. The second-order valence-corrected chi connectivity index (χ2v) is 6.07. The minimum Gasteiger partial charge on any atom is -0.377 e. The minimum absolute atomic E-state index is 0.00186. The van der Waals surface area contributed by atoms with Crippen LogP contribution in [0.5, 0.6) is 0 Å². The number of carbonyl (C=O) groups is 1. The van der Waals surface area contributed by atoms with E-state index in [1.165, 1.54) is 11.3 Å². The van der Waals surface area contributed by atoms with Crippen LogP contribution in [0.25, 0.3) is 11.4 Å². The first-order valence-electron chi connectivity index (χ1n) is 7.48. The number of benzene rings is 1. The van der Waals surface area contributed by atoms with E-state index in [1.54, 1.807) is 25.4 Å². The van der Waals surface area contributed by atoms with Crippen LogP contribution >= 0.6 is 11.3 Å². The number of thiazole rings is 1. The smallest absolute Gasteiger partial charge is 0.257 e. The predicted octanol–water partition coefficient (Wildman–Crippen LogP) is 4.16. The topological polar surface area (TPSA) is 64.1 Å². The highest BCUT2D eigenvalue weighted by Crippen LogP contribution is 2.24. The molecule has 1 N–H and O–H groups in total. The van der Waals surface area contributed by atoms with E-state index in [0.717, 1.165) is 17.0 Å². The molecule has 0 saturated heterocycles. The summed E-state index contributed by atoms with van der Waals surface area (Å²) >= 11 is 1.38. The fourth-order valence-corrected chi connectivity index (χ4v) is 2.87. The lowest BCUT2D eigenvalue weighted by Gasteiger charge is -2.10. The largest absolute Gasteiger partial charge is 0.377 e. The van der Waals surface area contributed by atoms with E-state index in [1.807, 2.05) is 42.6 Å². The summed E-state index contributed by atoms with van der Waals surface area (Å²) in [6, 6.07) is 13.0. The van der Waals surface area contributed by atoms with E-state index in [0.29, 0.717) is 10.7 Å². The number of ether oxygens (including phenoxy) is 1. The van der Waals surface area contributed by atoms with E-state index in [9.17, 15) is 4.79 Å². The van der Waals surface area contributed by atoms with Crippen molar-refractivity contribution in [3.8, 4) is 11.4 Å². The van der Waals surface area contributed by atoms with Crippen molar-refractivity contribution in [2.45, 2.75) is 13.0 Å². The molecule has 5 nitrogen and oxygen atoms in total. The fourth-order valence-electron chi connectivity index (χ4n) is 2.17. The molecule has 122 valence electrons. The van der Waals surface area contributed by atoms with Gasteiger partial charge >= 0.3 is 0 Å². The van der Waals surface area contributed by atoms with Gasteiger partial charge in [-0.25, -0.2) is 4.98 Å². The Morgan fingerprint density at radius 3 is 2.62 bits per heavy atom. The second kappa shape index (κ2) is 7.33. The van der Waals surface area contributed by atoms with Crippen LogP contribution in [0.15, 0.2) is 54.0 Å². The van der Waals surface area contributed by atoms with E-state index in [-0.39, 0.29) is 12.0 Å². The summed E-state index contributed by atoms with van der Waals surface area (Å²) in [6.07, 6.45) is 1.72. The van der Waals surface area contributed by atoms with Crippen molar-refractivity contribution in [1.82, 2.24) is 9.97 Å². The Bertz CT molecular complexity index is 816. The highest BCUT2D eigenvalue weighted by molar-refractivity contribution is 7.14. The van der Waals surface area contributed by atoms with Gasteiger partial charge in [0.05, 0.1) is 11.8 Å². The van der Waals surface area contributed by atoms with Crippen molar-refractivity contribution in [3.63, 3.8) is 0 Å². The van der Waals surface area contributed by atoms with Gasteiger partial charge in [-0.15, -0.1) is 11.3 Å². The zero-order valence-electron chi connectivity index (χ0n) is 13.4. The van der Waals surface area contributed by atoms with Crippen LogP contribution in [0, 0.1) is 0 Å². The Labute approximate surface area is 144 Å². The molecule has 2 aromatic heterocycles. The van der Waals surface area contributed by atoms with Gasteiger partial charge < -0.3 is 4.74 Å². The number of aromatic nitrogens is 2. The molecule has 2 heterocycles. The van der Waals surface area contributed by atoms with Gasteiger partial charge in [0.15, 0.2) is 5.13 Å². The summed E-state index contributed by atoms with van der Waals surface area (Å²) in [5.41, 5.74) is 3.14. The van der Waals surface area contributed by atoms with Crippen LogP contribution < -0.4 is 5.32 Å². The van der Waals surface area contributed by atoms with E-state index < -0.39 is 0 Å². The molecule has 3 aromatic rings. The van der Waals surface area contributed by atoms with Gasteiger partial charge in [0, 0.05) is 24.3 Å². The molecule has 0 aliphatic heterocycles. The molecule has 0 spiro atoms. The summed E-state index contributed by atoms with van der Waals surface area (Å²) in [7, 11) is 1.66. The minimum atomic E-state index is -0.187. The van der Waals surface area contributed by atoms with E-state index >= 15 is 0 Å². The molecule has 1 amide bonds. The number of nitrogens with one attached hydrogen (secondary N) is 1. The maximum atomic E-state index is 12.3. The Morgan fingerprint density at radius 1 is 1.17 bits per heavy atom. The lowest BCUT2D eigenvalue weighted by Crippen LogP contribution is -2.11. The van der Waals surface area contributed by atoms with Crippen molar-refractivity contribution >= 4 is 22.4 Å². The summed E-state index contributed by atoms with van der Waals surface area (Å²) in [5, 5.41) is 5.25. The van der Waals surface area contributed by atoms with Crippen molar-refractivity contribution in [2.24, 2.45) is 0 Å². The third kappa shape index (κ3) is 3.67. The Balaban J connectivity index is 1.70. The SMILES string of the molecule is COC(C)c1ccc(C(=O)Nc2nc(-c3ccccn3)cs2)cc1. The van der Waals surface area contributed by atoms with Crippen molar-refractivity contribution in [2.75, 3.05) is 12.4 Å². The molecule has 24 heavy (non-hydrogen) atoms. The highest BCUT2D eigenvalue weighted by Gasteiger charge is 2.11. The maximum Gasteiger partial charge on any atom is 0.257 e. The summed E-state index contributed by atoms with van der Waals surface area (Å²) in [4.78, 5) is 21.0. The van der Waals surface area contributed by atoms with Crippen LogP contribution in [0.3, 0.4) is 0 Å². The van der Waals surface area contributed by atoms with E-state index in [4.69, 9.17) is 4.74 Å². The lowest BCUT2D eigenvalue weighted by molar-refractivity contribution is 0.102. The highest BCUT2D eigenvalue weighted by atomic mass is 32.1. The molecule has 1 aromatic carbocycles. The quantitative estimate of drug-likeness (QED) is 0.758. The van der Waals surface area contributed by atoms with Crippen LogP contribution in [-0.2, 0) is 4.74 Å². The number of hydrogen-bond donors (Lipinski definition) is 1. The number of rotatable bonds is 5. The summed E-state index contributed by atoms with van der Waals surface area (Å²) in [6.45, 7) is 1.96. The van der Waals surface area contributed by atoms with Gasteiger partial charge in [0.1, 0.15) is 5.69 Å². The first-order valence-corrected chi connectivity index (χ1v) is 8.36. The van der Waals surface area contributed by atoms with Crippen LogP contribution in [0.2, 0.25) is 0 Å². The van der Waals surface area contributed by atoms with Crippen molar-refractivity contribution in [1.29, 1.82) is 0 Å². The van der Waals surface area contributed by atoms with Crippen LogP contribution in [-0.4, -0.2) is 23.0 Å². The number of pyridine rings is 1. The molecule has 0 aliphatic carbocycles. The van der Waals surface area contributed by atoms with Crippen LogP contribution in [0.1, 0.15) is 28.9 Å². The third-order valence-electron chi connectivity index (χ3n) is 3.65. The Hall–Kier alpha value is -2.57. The molecule has 0 aliphatic rings. The molecule has 0 bridgehead atoms. The number of nitrogens with zero attached hydrogens (tertiary/aromatic N) is 2. The average Bonchev–Trinajstić information content (AvgIpc) is 3.10. The molecule has 0 fully saturated rings. The fraction of sp³-hybridized carbons (Fsp3) is 0.167. The molecule has 6 heteroatoms.